The summed E-state index contributed by atoms with van der Waals surface area (Å²) in [4.78, 5) is 28.8. The van der Waals surface area contributed by atoms with E-state index in [9.17, 15) is 9.59 Å². The number of fused-ring (bicyclic) bond motifs is 1. The number of amides is 1. The van der Waals surface area contributed by atoms with Crippen molar-refractivity contribution in [3.05, 3.63) is 67.6 Å². The molecule has 0 aliphatic rings. The Morgan fingerprint density at radius 2 is 1.88 bits per heavy atom. The molecule has 2 aromatic carbocycles. The first-order valence-corrected chi connectivity index (χ1v) is 8.38. The van der Waals surface area contributed by atoms with E-state index in [1.165, 1.54) is 10.9 Å². The standard InChI is InChI=1S/C16H10BrCl2N3O2/c17-9-1-2-14-13(3-9)16(24)22(8-20-14)7-15(23)21-12-5-10(18)4-11(19)6-12/h1-6,8H,7H2,(H,21,23). The molecule has 3 rings (SSSR count). The van der Waals surface area contributed by atoms with Gasteiger partial charge in [0, 0.05) is 20.2 Å². The van der Waals surface area contributed by atoms with Gasteiger partial charge in [0.05, 0.1) is 17.2 Å². The van der Waals surface area contributed by atoms with Crippen LogP contribution in [-0.2, 0) is 11.3 Å². The molecule has 1 amide bonds. The molecule has 0 saturated heterocycles. The topological polar surface area (TPSA) is 64.0 Å². The third-order valence-corrected chi connectivity index (χ3v) is 4.18. The molecule has 8 heteroatoms. The second kappa shape index (κ2) is 6.93. The molecule has 0 atom stereocenters. The average molecular weight is 427 g/mol. The first-order chi connectivity index (χ1) is 11.4. The van der Waals surface area contributed by atoms with Gasteiger partial charge >= 0.3 is 0 Å². The first-order valence-electron chi connectivity index (χ1n) is 6.83. The quantitative estimate of drug-likeness (QED) is 0.685. The van der Waals surface area contributed by atoms with E-state index in [4.69, 9.17) is 23.2 Å². The van der Waals surface area contributed by atoms with Crippen molar-refractivity contribution >= 4 is 61.6 Å². The highest BCUT2D eigenvalue weighted by atomic mass is 79.9. The van der Waals surface area contributed by atoms with Crippen LogP contribution in [0.4, 0.5) is 5.69 Å². The molecule has 0 aliphatic carbocycles. The van der Waals surface area contributed by atoms with E-state index in [2.05, 4.69) is 26.2 Å². The summed E-state index contributed by atoms with van der Waals surface area (Å²) in [7, 11) is 0. The van der Waals surface area contributed by atoms with Crippen LogP contribution in [0.1, 0.15) is 0 Å². The highest BCUT2D eigenvalue weighted by molar-refractivity contribution is 9.10. The largest absolute Gasteiger partial charge is 0.324 e. The molecule has 1 N–H and O–H groups in total. The highest BCUT2D eigenvalue weighted by Gasteiger charge is 2.09. The molecule has 0 bridgehead atoms. The van der Waals surface area contributed by atoms with Crippen LogP contribution in [0.5, 0.6) is 0 Å². The van der Waals surface area contributed by atoms with Gasteiger partial charge in [-0.15, -0.1) is 0 Å². The summed E-state index contributed by atoms with van der Waals surface area (Å²) in [5.41, 5.74) is 0.740. The molecule has 0 unspecified atom stereocenters. The molecule has 1 aromatic heterocycles. The van der Waals surface area contributed by atoms with Crippen LogP contribution in [0.25, 0.3) is 10.9 Å². The minimum atomic E-state index is -0.383. The minimum Gasteiger partial charge on any atom is -0.324 e. The molecular weight excluding hydrogens is 417 g/mol. The number of rotatable bonds is 3. The number of hydrogen-bond acceptors (Lipinski definition) is 3. The Morgan fingerprint density at radius 1 is 1.17 bits per heavy atom. The summed E-state index contributed by atoms with van der Waals surface area (Å²) in [5, 5.41) is 3.91. The van der Waals surface area contributed by atoms with Gasteiger partial charge in [-0.05, 0) is 36.4 Å². The van der Waals surface area contributed by atoms with Gasteiger partial charge < -0.3 is 5.32 Å². The maximum Gasteiger partial charge on any atom is 0.261 e. The lowest BCUT2D eigenvalue weighted by Crippen LogP contribution is -2.27. The Balaban J connectivity index is 1.85. The minimum absolute atomic E-state index is 0.168. The first kappa shape index (κ1) is 17.0. The van der Waals surface area contributed by atoms with Crippen LogP contribution in [0.3, 0.4) is 0 Å². The van der Waals surface area contributed by atoms with Gasteiger partial charge in [-0.1, -0.05) is 39.1 Å². The monoisotopic (exact) mass is 425 g/mol. The Labute approximate surface area is 155 Å². The van der Waals surface area contributed by atoms with Crippen molar-refractivity contribution in [1.82, 2.24) is 9.55 Å². The lowest BCUT2D eigenvalue weighted by Gasteiger charge is -2.09. The summed E-state index contributed by atoms with van der Waals surface area (Å²) < 4.78 is 2.01. The molecule has 0 spiro atoms. The summed E-state index contributed by atoms with van der Waals surface area (Å²) in [5.74, 6) is -0.383. The SMILES string of the molecule is O=C(Cn1cnc2ccc(Br)cc2c1=O)Nc1cc(Cl)cc(Cl)c1. The number of nitrogens with one attached hydrogen (secondary N) is 1. The van der Waals surface area contributed by atoms with Crippen molar-refractivity contribution in [3.63, 3.8) is 0 Å². The number of halogens is 3. The Kier molecular flexibility index (Phi) is 4.89. The van der Waals surface area contributed by atoms with E-state index in [1.807, 2.05) is 0 Å². The van der Waals surface area contributed by atoms with Crippen molar-refractivity contribution in [2.24, 2.45) is 0 Å². The summed E-state index contributed by atoms with van der Waals surface area (Å²) in [6.45, 7) is -0.168. The van der Waals surface area contributed by atoms with Crippen molar-refractivity contribution in [1.29, 1.82) is 0 Å². The van der Waals surface area contributed by atoms with Gasteiger partial charge in [0.1, 0.15) is 6.54 Å². The predicted molar refractivity (Wildman–Crippen MR) is 98.8 cm³/mol. The molecule has 0 radical (unpaired) electrons. The zero-order chi connectivity index (χ0) is 17.3. The van der Waals surface area contributed by atoms with E-state index in [0.29, 0.717) is 26.6 Å². The molecule has 24 heavy (non-hydrogen) atoms. The highest BCUT2D eigenvalue weighted by Crippen LogP contribution is 2.22. The lowest BCUT2D eigenvalue weighted by molar-refractivity contribution is -0.116. The number of benzene rings is 2. The van der Waals surface area contributed by atoms with Gasteiger partial charge in [0.2, 0.25) is 5.91 Å². The Morgan fingerprint density at radius 3 is 2.58 bits per heavy atom. The zero-order valence-corrected chi connectivity index (χ0v) is 15.2. The fraction of sp³-hybridized carbons (Fsp3) is 0.0625. The third-order valence-electron chi connectivity index (χ3n) is 3.25. The molecule has 0 saturated carbocycles. The maximum atomic E-state index is 12.5. The van der Waals surface area contributed by atoms with Crippen LogP contribution < -0.4 is 10.9 Å². The number of carbonyl (C=O) groups excluding carboxylic acids is 1. The van der Waals surface area contributed by atoms with Crippen LogP contribution in [-0.4, -0.2) is 15.5 Å². The van der Waals surface area contributed by atoms with E-state index < -0.39 is 0 Å². The molecule has 3 aromatic rings. The van der Waals surface area contributed by atoms with Gasteiger partial charge in [0.25, 0.3) is 5.56 Å². The van der Waals surface area contributed by atoms with Crippen LogP contribution >= 0.6 is 39.1 Å². The number of hydrogen-bond donors (Lipinski definition) is 1. The van der Waals surface area contributed by atoms with Gasteiger partial charge in [0.15, 0.2) is 0 Å². The average Bonchev–Trinajstić information content (AvgIpc) is 2.49. The number of aromatic nitrogens is 2. The van der Waals surface area contributed by atoms with Crippen molar-refractivity contribution in [2.45, 2.75) is 6.54 Å². The van der Waals surface area contributed by atoms with Gasteiger partial charge in [-0.2, -0.15) is 0 Å². The molecule has 5 nitrogen and oxygen atoms in total. The Bertz CT molecular complexity index is 984. The molecule has 0 aliphatic heterocycles. The molecule has 0 fully saturated rings. The van der Waals surface area contributed by atoms with Gasteiger partial charge in [-0.25, -0.2) is 4.98 Å². The van der Waals surface area contributed by atoms with E-state index in [-0.39, 0.29) is 18.0 Å². The summed E-state index contributed by atoms with van der Waals surface area (Å²) >= 11 is 15.1. The van der Waals surface area contributed by atoms with Crippen LogP contribution in [0.2, 0.25) is 10.0 Å². The van der Waals surface area contributed by atoms with Crippen molar-refractivity contribution in [2.75, 3.05) is 5.32 Å². The van der Waals surface area contributed by atoms with Crippen molar-refractivity contribution < 1.29 is 4.79 Å². The lowest BCUT2D eigenvalue weighted by atomic mass is 10.2. The number of anilines is 1. The van der Waals surface area contributed by atoms with Crippen molar-refractivity contribution in [3.8, 4) is 0 Å². The maximum absolute atomic E-state index is 12.5. The molecule has 122 valence electrons. The second-order valence-electron chi connectivity index (χ2n) is 5.05. The van der Waals surface area contributed by atoms with E-state index >= 15 is 0 Å². The third kappa shape index (κ3) is 3.77. The summed E-state index contributed by atoms with van der Waals surface area (Å²) in [6, 6.07) is 9.92. The smallest absolute Gasteiger partial charge is 0.261 e. The van der Waals surface area contributed by atoms with E-state index in [0.717, 1.165) is 4.47 Å². The Hall–Kier alpha value is -1.89. The summed E-state index contributed by atoms with van der Waals surface area (Å²) in [6.07, 6.45) is 1.35. The van der Waals surface area contributed by atoms with Gasteiger partial charge in [-0.3, -0.25) is 14.2 Å². The number of carbonyl (C=O) groups is 1. The number of nitrogens with zero attached hydrogens (tertiary/aromatic N) is 2. The fourth-order valence-corrected chi connectivity index (χ4v) is 3.11. The molecular formula is C16H10BrCl2N3O2. The van der Waals surface area contributed by atoms with Crippen LogP contribution in [0, 0.1) is 0 Å². The molecule has 1 heterocycles. The second-order valence-corrected chi connectivity index (χ2v) is 6.83. The van der Waals surface area contributed by atoms with Crippen LogP contribution in [0.15, 0.2) is 52.0 Å². The van der Waals surface area contributed by atoms with E-state index in [1.54, 1.807) is 36.4 Å². The fourth-order valence-electron chi connectivity index (χ4n) is 2.23. The normalized spacial score (nSPS) is 10.8. The zero-order valence-electron chi connectivity index (χ0n) is 12.1. The predicted octanol–water partition coefficient (Wildman–Crippen LogP) is 4.10.